The first kappa shape index (κ1) is 17.9. The summed E-state index contributed by atoms with van der Waals surface area (Å²) in [5.41, 5.74) is -3.12. The average molecular weight is 298 g/mol. The maximum atomic E-state index is 9.44. The van der Waals surface area contributed by atoms with Crippen LogP contribution >= 0.6 is 17.1 Å². The van der Waals surface area contributed by atoms with Gasteiger partial charge in [-0.1, -0.05) is 64.8 Å². The second-order valence-corrected chi connectivity index (χ2v) is 11.2. The minimum atomic E-state index is -3.12. The maximum Gasteiger partial charge on any atom is 0.242 e. The van der Waals surface area contributed by atoms with Gasteiger partial charge in [0.1, 0.15) is 0 Å². The van der Waals surface area contributed by atoms with Crippen LogP contribution in [0, 0.1) is 11.8 Å². The molecule has 0 aromatic carbocycles. The zero-order chi connectivity index (χ0) is 13.5. The number of rotatable bonds is 9. The summed E-state index contributed by atoms with van der Waals surface area (Å²) in [6, 6.07) is 0. The van der Waals surface area contributed by atoms with Gasteiger partial charge in [-0.25, -0.2) is 0 Å². The van der Waals surface area contributed by atoms with Crippen molar-refractivity contribution >= 4 is 28.9 Å². The molecule has 5 heteroatoms. The fraction of sp³-hybridized carbons (Fsp3) is 1.00. The molecular weight excluding hydrogens is 271 g/mol. The first-order valence-electron chi connectivity index (χ1n) is 6.54. The fourth-order valence-electron chi connectivity index (χ4n) is 1.92. The van der Waals surface area contributed by atoms with Gasteiger partial charge >= 0.3 is 0 Å². The third-order valence-electron chi connectivity index (χ3n) is 3.13. The van der Waals surface area contributed by atoms with Crippen LogP contribution in [0.2, 0.25) is 0 Å². The zero-order valence-electron chi connectivity index (χ0n) is 11.4. The lowest BCUT2D eigenvalue weighted by molar-refractivity contribution is 0.389. The van der Waals surface area contributed by atoms with E-state index in [1.165, 1.54) is 37.1 Å². The molecule has 0 aliphatic heterocycles. The largest absolute Gasteiger partial charge is 0.338 e. The number of hydrogen-bond acceptors (Lipinski definition) is 2. The Bertz CT molecular complexity index is 241. The highest BCUT2D eigenvalue weighted by atomic mass is 32.9. The van der Waals surface area contributed by atoms with E-state index < -0.39 is 5.69 Å². The summed E-state index contributed by atoms with van der Waals surface area (Å²) in [4.78, 5) is 18.9. The van der Waals surface area contributed by atoms with Crippen LogP contribution in [0.4, 0.5) is 0 Å². The summed E-state index contributed by atoms with van der Waals surface area (Å²) in [6.07, 6.45) is 5.97. The predicted octanol–water partition coefficient (Wildman–Crippen LogP) is 4.56. The molecule has 0 saturated carbocycles. The molecule has 2 nitrogen and oxygen atoms in total. The maximum absolute atomic E-state index is 9.44. The Morgan fingerprint density at radius 1 is 1.24 bits per heavy atom. The monoisotopic (exact) mass is 298 g/mol. The van der Waals surface area contributed by atoms with E-state index in [9.17, 15) is 9.79 Å². The first-order chi connectivity index (χ1) is 7.80. The van der Waals surface area contributed by atoms with Gasteiger partial charge in [0.25, 0.3) is 0 Å². The van der Waals surface area contributed by atoms with Crippen molar-refractivity contribution in [1.82, 2.24) is 0 Å². The van der Waals surface area contributed by atoms with E-state index in [0.29, 0.717) is 11.8 Å². The van der Waals surface area contributed by atoms with Gasteiger partial charge in [0, 0.05) is 5.25 Å². The predicted molar refractivity (Wildman–Crippen MR) is 82.9 cm³/mol. The highest BCUT2D eigenvalue weighted by Crippen LogP contribution is 2.55. The molecule has 0 aliphatic carbocycles. The van der Waals surface area contributed by atoms with Crippen molar-refractivity contribution in [2.24, 2.45) is 11.8 Å². The molecule has 0 bridgehead atoms. The molecule has 0 radical (unpaired) electrons. The molecular formula is C12H27O2PS2. The molecule has 0 rings (SSSR count). The van der Waals surface area contributed by atoms with Gasteiger partial charge in [-0.05, 0) is 30.1 Å². The second kappa shape index (κ2) is 8.92. The molecule has 0 aromatic rings. The molecule has 0 spiro atoms. The lowest BCUT2D eigenvalue weighted by atomic mass is 9.91. The van der Waals surface area contributed by atoms with E-state index in [2.05, 4.69) is 27.7 Å². The molecule has 0 amide bonds. The van der Waals surface area contributed by atoms with Gasteiger partial charge in [0.15, 0.2) is 0 Å². The van der Waals surface area contributed by atoms with Crippen LogP contribution in [-0.2, 0) is 11.8 Å². The molecule has 17 heavy (non-hydrogen) atoms. The number of unbranched alkanes of at least 4 members (excludes halogenated alkanes) is 1. The van der Waals surface area contributed by atoms with Crippen molar-refractivity contribution in [2.75, 3.05) is 0 Å². The molecule has 0 aromatic heterocycles. The lowest BCUT2D eigenvalue weighted by Gasteiger charge is -2.26. The van der Waals surface area contributed by atoms with Crippen LogP contribution in [0.25, 0.3) is 0 Å². The summed E-state index contributed by atoms with van der Waals surface area (Å²) in [5, 5.41) is 0.276. The van der Waals surface area contributed by atoms with E-state index in [1.807, 2.05) is 0 Å². The van der Waals surface area contributed by atoms with Crippen molar-refractivity contribution in [1.29, 1.82) is 0 Å². The Hall–Kier alpha value is 0.920. The Kier molecular flexibility index (Phi) is 9.41. The van der Waals surface area contributed by atoms with Crippen LogP contribution in [-0.4, -0.2) is 15.0 Å². The number of hydrogen-bond donors (Lipinski definition) is 2. The zero-order valence-corrected chi connectivity index (χ0v) is 14.0. The molecule has 2 N–H and O–H groups in total. The third kappa shape index (κ3) is 9.49. The minimum Gasteiger partial charge on any atom is -0.338 e. The minimum absolute atomic E-state index is 0.276. The average Bonchev–Trinajstić information content (AvgIpc) is 2.20. The summed E-state index contributed by atoms with van der Waals surface area (Å²) in [5.74, 6) is 1.13. The Balaban J connectivity index is 4.35. The summed E-state index contributed by atoms with van der Waals surface area (Å²) >= 11 is 5.97. The normalized spacial score (nSPS) is 16.2. The van der Waals surface area contributed by atoms with Gasteiger partial charge in [-0.3, -0.25) is 0 Å². The fourth-order valence-corrected chi connectivity index (χ4v) is 5.92. The highest BCUT2D eigenvalue weighted by Gasteiger charge is 2.24. The van der Waals surface area contributed by atoms with Crippen LogP contribution < -0.4 is 0 Å². The second-order valence-electron chi connectivity index (χ2n) is 5.03. The molecule has 0 fully saturated rings. The standard InChI is InChI=1S/C12H27O2PS2/c1-5-7-8-11(6-2)9-12(10(3)4)17-15(13,14)16/h10-12H,5-9H2,1-4H3,(H2,13,14,16). The highest BCUT2D eigenvalue weighted by molar-refractivity contribution is 8.67. The van der Waals surface area contributed by atoms with Crippen molar-refractivity contribution in [3.05, 3.63) is 0 Å². The van der Waals surface area contributed by atoms with E-state index in [0.717, 1.165) is 6.42 Å². The van der Waals surface area contributed by atoms with Gasteiger partial charge < -0.3 is 9.79 Å². The summed E-state index contributed by atoms with van der Waals surface area (Å²) in [6.45, 7) is 8.70. The van der Waals surface area contributed by atoms with Crippen LogP contribution in [0.5, 0.6) is 0 Å². The lowest BCUT2D eigenvalue weighted by Crippen LogP contribution is -2.16. The topological polar surface area (TPSA) is 40.5 Å². The molecule has 0 heterocycles. The van der Waals surface area contributed by atoms with Gasteiger partial charge in [0.2, 0.25) is 5.69 Å². The third-order valence-corrected chi connectivity index (χ3v) is 6.82. The van der Waals surface area contributed by atoms with Crippen molar-refractivity contribution < 1.29 is 9.79 Å². The Morgan fingerprint density at radius 2 is 1.82 bits per heavy atom. The first-order valence-corrected chi connectivity index (χ1v) is 10.7. The molecule has 104 valence electrons. The molecule has 0 aliphatic rings. The quantitative estimate of drug-likeness (QED) is 0.612. The molecule has 2 unspecified atom stereocenters. The smallest absolute Gasteiger partial charge is 0.242 e. The van der Waals surface area contributed by atoms with Crippen LogP contribution in [0.1, 0.15) is 59.8 Å². The SMILES string of the molecule is CCCCC(CC)CC(SP(O)(O)=S)C(C)C. The van der Waals surface area contributed by atoms with Gasteiger partial charge in [0.05, 0.1) is 0 Å². The van der Waals surface area contributed by atoms with E-state index in [1.54, 1.807) is 0 Å². The Morgan fingerprint density at radius 3 is 2.18 bits per heavy atom. The van der Waals surface area contributed by atoms with Crippen LogP contribution in [0.15, 0.2) is 0 Å². The van der Waals surface area contributed by atoms with Crippen molar-refractivity contribution in [3.63, 3.8) is 0 Å². The van der Waals surface area contributed by atoms with Gasteiger partial charge in [-0.2, -0.15) is 0 Å². The molecule has 2 atom stereocenters. The summed E-state index contributed by atoms with van der Waals surface area (Å²) in [7, 11) is 0. The Labute approximate surface area is 116 Å². The van der Waals surface area contributed by atoms with E-state index in [4.69, 9.17) is 11.8 Å². The molecule has 0 saturated heterocycles. The van der Waals surface area contributed by atoms with Crippen LogP contribution in [0.3, 0.4) is 0 Å². The van der Waals surface area contributed by atoms with E-state index >= 15 is 0 Å². The van der Waals surface area contributed by atoms with Crippen molar-refractivity contribution in [3.8, 4) is 0 Å². The van der Waals surface area contributed by atoms with Gasteiger partial charge in [-0.15, -0.1) is 0 Å². The van der Waals surface area contributed by atoms with Crippen molar-refractivity contribution in [2.45, 2.75) is 65.0 Å². The summed E-state index contributed by atoms with van der Waals surface area (Å²) < 4.78 is 0. The van der Waals surface area contributed by atoms with E-state index in [-0.39, 0.29) is 5.25 Å².